The van der Waals surface area contributed by atoms with Crippen LogP contribution < -0.4 is 27.4 Å². The first-order chi connectivity index (χ1) is 14.3. The van der Waals surface area contributed by atoms with E-state index >= 15 is 0 Å². The van der Waals surface area contributed by atoms with Crippen LogP contribution in [-0.2, 0) is 23.6 Å². The van der Waals surface area contributed by atoms with Crippen molar-refractivity contribution in [3.63, 3.8) is 0 Å². The van der Waals surface area contributed by atoms with Crippen molar-refractivity contribution < 1.29 is 55.8 Å². The molecular formula is C21H19F6INO2-. The van der Waals surface area contributed by atoms with Gasteiger partial charge in [-0.15, -0.1) is 0 Å². The van der Waals surface area contributed by atoms with Crippen molar-refractivity contribution in [3.05, 3.63) is 70.8 Å². The second-order valence-electron chi connectivity index (χ2n) is 7.49. The molecule has 0 bridgehead atoms. The number of primary amides is 1. The van der Waals surface area contributed by atoms with Crippen molar-refractivity contribution in [3.8, 4) is 0 Å². The summed E-state index contributed by atoms with van der Waals surface area (Å²) in [6.45, 7) is 1.43. The van der Waals surface area contributed by atoms with Crippen LogP contribution >= 0.6 is 0 Å². The summed E-state index contributed by atoms with van der Waals surface area (Å²) in [5, 5.41) is 0. The van der Waals surface area contributed by atoms with Gasteiger partial charge < -0.3 is 0 Å². The molecule has 170 valence electrons. The molecule has 10 heteroatoms. The molecule has 0 aliphatic heterocycles. The van der Waals surface area contributed by atoms with Gasteiger partial charge in [-0.1, -0.05) is 0 Å². The van der Waals surface area contributed by atoms with E-state index in [1.54, 1.807) is 0 Å². The molecule has 3 rings (SSSR count). The number of rotatable bonds is 6. The number of amides is 1. The SMILES string of the molecule is C[C@@H](O[I-]C1(c2ccccc2)CC(C(N)=O)C1)c1cc(C(F)(F)F)cc(C(F)(F)F)c1. The van der Waals surface area contributed by atoms with Gasteiger partial charge in [-0.25, -0.2) is 0 Å². The second kappa shape index (κ2) is 8.61. The van der Waals surface area contributed by atoms with Crippen LogP contribution in [0.4, 0.5) is 26.3 Å². The fourth-order valence-corrected chi connectivity index (χ4v) is 6.62. The van der Waals surface area contributed by atoms with Gasteiger partial charge in [0, 0.05) is 0 Å². The molecule has 0 heterocycles. The average molecular weight is 558 g/mol. The van der Waals surface area contributed by atoms with Gasteiger partial charge in [0.15, 0.2) is 0 Å². The second-order valence-corrected chi connectivity index (χ2v) is 10.5. The summed E-state index contributed by atoms with van der Waals surface area (Å²) in [6, 6.07) is 10.7. The Hall–Kier alpha value is -1.82. The maximum atomic E-state index is 13.1. The Morgan fingerprint density at radius 2 is 1.55 bits per heavy atom. The van der Waals surface area contributed by atoms with Crippen molar-refractivity contribution >= 4 is 5.91 Å². The standard InChI is InChI=1S/C21H19F6INO2/c1-12(13-7-16(20(22,23)24)9-17(8-13)21(25,26)27)31-28-19(10-14(11-19)18(29)30)15-5-3-2-4-6-15/h2-9,12,14H,10-11H2,1H3,(H2,29,30)/q-1/t12-,14?,19?/m1/s1. The van der Waals surface area contributed by atoms with Crippen LogP contribution in [0.25, 0.3) is 0 Å². The maximum absolute atomic E-state index is 13.1. The molecule has 1 saturated carbocycles. The summed E-state index contributed by atoms with van der Waals surface area (Å²) in [4.78, 5) is 11.5. The van der Waals surface area contributed by atoms with Crippen molar-refractivity contribution in [2.24, 2.45) is 11.7 Å². The molecule has 1 atom stereocenters. The first-order valence-corrected chi connectivity index (χ1v) is 11.2. The van der Waals surface area contributed by atoms with E-state index in [0.29, 0.717) is 25.0 Å². The van der Waals surface area contributed by atoms with Crippen LogP contribution in [-0.4, -0.2) is 5.91 Å². The summed E-state index contributed by atoms with van der Waals surface area (Å²) in [5.41, 5.74) is 3.36. The van der Waals surface area contributed by atoms with E-state index in [-0.39, 0.29) is 17.5 Å². The molecular weight excluding hydrogens is 539 g/mol. The average Bonchev–Trinajstić information content (AvgIpc) is 2.65. The van der Waals surface area contributed by atoms with E-state index in [0.717, 1.165) is 5.56 Å². The van der Waals surface area contributed by atoms with Gasteiger partial charge in [-0.3, -0.25) is 0 Å². The first kappa shape index (κ1) is 23.8. The van der Waals surface area contributed by atoms with Gasteiger partial charge in [0.05, 0.1) is 0 Å². The number of hydrogen-bond donors (Lipinski definition) is 1. The number of benzene rings is 2. The number of carbonyl (C=O) groups is 1. The number of hydrogen-bond acceptors (Lipinski definition) is 2. The molecule has 0 saturated heterocycles. The van der Waals surface area contributed by atoms with Crippen LogP contribution in [0.3, 0.4) is 0 Å². The third-order valence-electron chi connectivity index (χ3n) is 5.24. The van der Waals surface area contributed by atoms with Crippen LogP contribution in [0.15, 0.2) is 48.5 Å². The molecule has 2 N–H and O–H groups in total. The van der Waals surface area contributed by atoms with Crippen LogP contribution in [0.1, 0.15) is 48.1 Å². The Morgan fingerprint density at radius 3 is 2.00 bits per heavy atom. The van der Waals surface area contributed by atoms with Crippen molar-refractivity contribution in [1.82, 2.24) is 0 Å². The molecule has 1 aliphatic carbocycles. The number of carbonyl (C=O) groups excluding carboxylic acids is 1. The first-order valence-electron chi connectivity index (χ1n) is 9.28. The quantitative estimate of drug-likeness (QED) is 0.337. The van der Waals surface area contributed by atoms with E-state index in [2.05, 4.69) is 0 Å². The number of halogens is 7. The fourth-order valence-electron chi connectivity index (χ4n) is 3.42. The molecule has 0 spiro atoms. The van der Waals surface area contributed by atoms with Gasteiger partial charge in [0.2, 0.25) is 0 Å². The van der Waals surface area contributed by atoms with Gasteiger partial charge in [-0.2, -0.15) is 0 Å². The molecule has 1 fully saturated rings. The number of nitrogens with two attached hydrogens (primary N) is 1. The van der Waals surface area contributed by atoms with Gasteiger partial charge >= 0.3 is 186 Å². The van der Waals surface area contributed by atoms with Gasteiger partial charge in [-0.05, 0) is 0 Å². The molecule has 1 aliphatic rings. The Balaban J connectivity index is 1.85. The molecule has 0 radical (unpaired) electrons. The molecule has 0 unspecified atom stereocenters. The molecule has 3 nitrogen and oxygen atoms in total. The van der Waals surface area contributed by atoms with Gasteiger partial charge in [0.25, 0.3) is 0 Å². The zero-order chi connectivity index (χ0) is 23.0. The Bertz CT molecular complexity index is 907. The topological polar surface area (TPSA) is 52.3 Å². The Labute approximate surface area is 185 Å². The monoisotopic (exact) mass is 558 g/mol. The third-order valence-corrected chi connectivity index (χ3v) is 8.60. The normalized spacial score (nSPS) is 22.7. The molecule has 2 aromatic rings. The summed E-state index contributed by atoms with van der Waals surface area (Å²) < 4.78 is 84.2. The predicted molar refractivity (Wildman–Crippen MR) is 96.0 cm³/mol. The summed E-state index contributed by atoms with van der Waals surface area (Å²) in [6.07, 6.45) is -9.92. The minimum absolute atomic E-state index is 0.0973. The van der Waals surface area contributed by atoms with Crippen molar-refractivity contribution in [1.29, 1.82) is 0 Å². The zero-order valence-electron chi connectivity index (χ0n) is 16.2. The van der Waals surface area contributed by atoms with Crippen molar-refractivity contribution in [2.75, 3.05) is 0 Å². The van der Waals surface area contributed by atoms with E-state index in [9.17, 15) is 31.1 Å². The van der Waals surface area contributed by atoms with Crippen LogP contribution in [0.2, 0.25) is 0 Å². The Kier molecular flexibility index (Phi) is 6.62. The zero-order valence-corrected chi connectivity index (χ0v) is 18.4. The van der Waals surface area contributed by atoms with E-state index < -0.39 is 60.5 Å². The fraction of sp³-hybridized carbons (Fsp3) is 0.381. The minimum atomic E-state index is -4.92. The number of alkyl halides is 7. The molecule has 2 aromatic carbocycles. The summed E-state index contributed by atoms with van der Waals surface area (Å²) in [7, 11) is 0. The van der Waals surface area contributed by atoms with E-state index in [4.69, 9.17) is 8.80 Å². The summed E-state index contributed by atoms with van der Waals surface area (Å²) >= 11 is -1.18. The molecule has 1 amide bonds. The van der Waals surface area contributed by atoms with E-state index in [1.165, 1.54) is 6.92 Å². The van der Waals surface area contributed by atoms with Crippen molar-refractivity contribution in [2.45, 2.75) is 41.6 Å². The van der Waals surface area contributed by atoms with Gasteiger partial charge in [0.1, 0.15) is 0 Å². The Morgan fingerprint density at radius 1 is 1.03 bits per heavy atom. The summed E-state index contributed by atoms with van der Waals surface area (Å²) in [5.74, 6) is -0.763. The molecule has 0 aromatic heterocycles. The predicted octanol–water partition coefficient (Wildman–Crippen LogP) is 2.60. The third kappa shape index (κ3) is 5.33. The van der Waals surface area contributed by atoms with E-state index in [1.807, 2.05) is 30.3 Å². The molecule has 31 heavy (non-hydrogen) atoms. The van der Waals surface area contributed by atoms with Crippen LogP contribution in [0.5, 0.6) is 0 Å². The van der Waals surface area contributed by atoms with Crippen LogP contribution in [0, 0.1) is 5.92 Å².